The summed E-state index contributed by atoms with van der Waals surface area (Å²) in [6.07, 6.45) is 5.86. The molecular weight excluding hydrogens is 404 g/mol. The van der Waals surface area contributed by atoms with Crippen molar-refractivity contribution in [2.75, 3.05) is 6.54 Å². The molecule has 0 bridgehead atoms. The number of rotatable bonds is 7. The molecule has 0 aliphatic heterocycles. The number of carbonyl (C=O) groups excluding carboxylic acids is 1. The van der Waals surface area contributed by atoms with E-state index in [9.17, 15) is 14.9 Å². The number of alkyl carbamates (subject to hydrolysis) is 1. The molecule has 0 saturated carbocycles. The third-order valence-electron chi connectivity index (χ3n) is 3.81. The van der Waals surface area contributed by atoms with Gasteiger partial charge in [-0.25, -0.2) is 4.79 Å². The van der Waals surface area contributed by atoms with Crippen molar-refractivity contribution in [1.82, 2.24) is 25.1 Å². The molecule has 0 atom stereocenters. The Kier molecular flexibility index (Phi) is 6.43. The fraction of sp³-hybridized carbons (Fsp3) is 0.300. The van der Waals surface area contributed by atoms with E-state index in [0.29, 0.717) is 30.3 Å². The first kappa shape index (κ1) is 21.7. The second-order valence-corrected chi connectivity index (χ2v) is 7.51. The largest absolute Gasteiger partial charge is 0.453 e. The van der Waals surface area contributed by atoms with E-state index in [0.717, 1.165) is 5.56 Å². The number of nitrogens with zero attached hydrogens (tertiary/aromatic N) is 5. The summed E-state index contributed by atoms with van der Waals surface area (Å²) < 4.78 is 12.6. The van der Waals surface area contributed by atoms with Gasteiger partial charge in [-0.15, -0.1) is 0 Å². The SMILES string of the molecule is CC(C)(C)OC(=O)NCCn1cc(-c2cc(Oc3ccc([N+](=O)[O-])nc3)ccn2)cn1. The van der Waals surface area contributed by atoms with Crippen molar-refractivity contribution in [3.63, 3.8) is 0 Å². The van der Waals surface area contributed by atoms with Crippen LogP contribution in [0.15, 0.2) is 49.1 Å². The summed E-state index contributed by atoms with van der Waals surface area (Å²) in [6, 6.07) is 6.13. The quantitative estimate of drug-likeness (QED) is 0.447. The second kappa shape index (κ2) is 9.20. The summed E-state index contributed by atoms with van der Waals surface area (Å²) in [4.78, 5) is 29.9. The molecule has 0 saturated heterocycles. The zero-order valence-electron chi connectivity index (χ0n) is 17.3. The molecule has 31 heavy (non-hydrogen) atoms. The van der Waals surface area contributed by atoms with Crippen LogP contribution in [-0.2, 0) is 11.3 Å². The Bertz CT molecular complexity index is 1060. The highest BCUT2D eigenvalue weighted by Crippen LogP contribution is 2.25. The molecule has 3 rings (SSSR count). The van der Waals surface area contributed by atoms with Gasteiger partial charge in [0.15, 0.2) is 11.9 Å². The van der Waals surface area contributed by atoms with Crippen LogP contribution in [0, 0.1) is 10.1 Å². The smallest absolute Gasteiger partial charge is 0.407 e. The monoisotopic (exact) mass is 426 g/mol. The average Bonchev–Trinajstić information content (AvgIpc) is 3.16. The maximum atomic E-state index is 11.7. The minimum Gasteiger partial charge on any atom is -0.453 e. The normalized spacial score (nSPS) is 11.1. The molecule has 162 valence electrons. The minimum atomic E-state index is -0.574. The van der Waals surface area contributed by atoms with E-state index in [4.69, 9.17) is 9.47 Å². The lowest BCUT2D eigenvalue weighted by molar-refractivity contribution is -0.389. The standard InChI is InChI=1S/C20H22N6O5/c1-20(2,3)31-19(27)22-8-9-25-13-14(11-24-25)17-10-15(6-7-21-17)30-16-4-5-18(23-12-16)26(28)29/h4-7,10-13H,8-9H2,1-3H3,(H,22,27). The van der Waals surface area contributed by atoms with Crippen LogP contribution in [0.1, 0.15) is 20.8 Å². The van der Waals surface area contributed by atoms with Crippen LogP contribution >= 0.6 is 0 Å². The van der Waals surface area contributed by atoms with Crippen molar-refractivity contribution < 1.29 is 19.2 Å². The molecule has 0 radical (unpaired) electrons. The van der Waals surface area contributed by atoms with Crippen LogP contribution < -0.4 is 10.1 Å². The lowest BCUT2D eigenvalue weighted by Gasteiger charge is -2.19. The zero-order valence-corrected chi connectivity index (χ0v) is 17.3. The van der Waals surface area contributed by atoms with Gasteiger partial charge in [0.05, 0.1) is 18.4 Å². The minimum absolute atomic E-state index is 0.253. The molecule has 0 fully saturated rings. The third-order valence-corrected chi connectivity index (χ3v) is 3.81. The molecule has 3 aromatic heterocycles. The summed E-state index contributed by atoms with van der Waals surface area (Å²) in [6.45, 7) is 6.23. The first-order valence-corrected chi connectivity index (χ1v) is 9.44. The summed E-state index contributed by atoms with van der Waals surface area (Å²) in [5, 5.41) is 17.6. The van der Waals surface area contributed by atoms with Crippen LogP contribution in [0.4, 0.5) is 10.6 Å². The number of amides is 1. The first-order valence-electron chi connectivity index (χ1n) is 9.44. The van der Waals surface area contributed by atoms with Crippen LogP contribution in [0.3, 0.4) is 0 Å². The predicted molar refractivity (Wildman–Crippen MR) is 111 cm³/mol. The first-order chi connectivity index (χ1) is 14.7. The molecule has 11 heteroatoms. The number of nitrogens with one attached hydrogen (secondary N) is 1. The molecule has 0 unspecified atom stereocenters. The van der Waals surface area contributed by atoms with Crippen molar-refractivity contribution in [2.45, 2.75) is 32.9 Å². The average molecular weight is 426 g/mol. The van der Waals surface area contributed by atoms with Crippen molar-refractivity contribution in [1.29, 1.82) is 0 Å². The lowest BCUT2D eigenvalue weighted by atomic mass is 10.2. The third kappa shape index (κ3) is 6.49. The van der Waals surface area contributed by atoms with Gasteiger partial charge in [0.1, 0.15) is 11.4 Å². The Morgan fingerprint density at radius 2 is 2.00 bits per heavy atom. The molecule has 1 amide bonds. The fourth-order valence-corrected chi connectivity index (χ4v) is 2.51. The van der Waals surface area contributed by atoms with Gasteiger partial charge in [-0.05, 0) is 42.8 Å². The molecular formula is C20H22N6O5. The Balaban J connectivity index is 1.59. The van der Waals surface area contributed by atoms with Crippen LogP contribution in [-0.4, -0.2) is 42.9 Å². The van der Waals surface area contributed by atoms with Gasteiger partial charge in [-0.2, -0.15) is 5.10 Å². The summed E-state index contributed by atoms with van der Waals surface area (Å²) in [7, 11) is 0. The van der Waals surface area contributed by atoms with E-state index in [1.165, 1.54) is 18.3 Å². The van der Waals surface area contributed by atoms with E-state index >= 15 is 0 Å². The molecule has 0 aromatic carbocycles. The van der Waals surface area contributed by atoms with E-state index in [1.807, 2.05) is 0 Å². The second-order valence-electron chi connectivity index (χ2n) is 7.51. The van der Waals surface area contributed by atoms with Gasteiger partial charge < -0.3 is 24.9 Å². The molecule has 11 nitrogen and oxygen atoms in total. The number of nitro groups is 1. The Hall–Kier alpha value is -4.02. The molecule has 0 aliphatic carbocycles. The topological polar surface area (TPSA) is 134 Å². The van der Waals surface area contributed by atoms with Crippen LogP contribution in [0.5, 0.6) is 11.5 Å². The van der Waals surface area contributed by atoms with Crippen LogP contribution in [0.2, 0.25) is 0 Å². The van der Waals surface area contributed by atoms with Gasteiger partial charge >= 0.3 is 11.9 Å². The number of hydrogen-bond acceptors (Lipinski definition) is 8. The zero-order chi connectivity index (χ0) is 22.4. The fourth-order valence-electron chi connectivity index (χ4n) is 2.51. The van der Waals surface area contributed by atoms with Crippen molar-refractivity contribution >= 4 is 11.9 Å². The number of aromatic nitrogens is 4. The summed E-state index contributed by atoms with van der Waals surface area (Å²) >= 11 is 0. The number of carbonyl (C=O) groups is 1. The summed E-state index contributed by atoms with van der Waals surface area (Å²) in [5.74, 6) is 0.614. The van der Waals surface area contributed by atoms with Crippen molar-refractivity contribution in [3.8, 4) is 22.8 Å². The summed E-state index contributed by atoms with van der Waals surface area (Å²) in [5.41, 5.74) is 0.856. The van der Waals surface area contributed by atoms with Gasteiger partial charge in [-0.1, -0.05) is 0 Å². The number of ether oxygens (including phenoxy) is 2. The van der Waals surface area contributed by atoms with Crippen molar-refractivity contribution in [2.24, 2.45) is 0 Å². The van der Waals surface area contributed by atoms with Crippen LogP contribution in [0.25, 0.3) is 11.3 Å². The molecule has 3 aromatic rings. The van der Waals surface area contributed by atoms with Gasteiger partial charge in [0, 0.05) is 36.6 Å². The van der Waals surface area contributed by atoms with E-state index in [1.54, 1.807) is 56.2 Å². The number of pyridine rings is 2. The highest BCUT2D eigenvalue weighted by Gasteiger charge is 2.15. The Morgan fingerprint density at radius 1 is 1.19 bits per heavy atom. The highest BCUT2D eigenvalue weighted by molar-refractivity contribution is 5.67. The predicted octanol–water partition coefficient (Wildman–Crippen LogP) is 3.57. The molecule has 0 spiro atoms. The number of hydrogen-bond donors (Lipinski definition) is 1. The lowest BCUT2D eigenvalue weighted by Crippen LogP contribution is -2.34. The van der Waals surface area contributed by atoms with Gasteiger partial charge in [-0.3, -0.25) is 9.67 Å². The maximum absolute atomic E-state index is 11.7. The van der Waals surface area contributed by atoms with Gasteiger partial charge in [0.2, 0.25) is 0 Å². The van der Waals surface area contributed by atoms with E-state index in [2.05, 4.69) is 20.4 Å². The molecule has 3 heterocycles. The Labute approximate surface area is 178 Å². The van der Waals surface area contributed by atoms with E-state index < -0.39 is 16.6 Å². The molecule has 0 aliphatic rings. The highest BCUT2D eigenvalue weighted by atomic mass is 16.6. The Morgan fingerprint density at radius 3 is 2.68 bits per heavy atom. The molecule has 1 N–H and O–H groups in total. The maximum Gasteiger partial charge on any atom is 0.407 e. The van der Waals surface area contributed by atoms with E-state index in [-0.39, 0.29) is 5.82 Å². The van der Waals surface area contributed by atoms with Crippen molar-refractivity contribution in [3.05, 3.63) is 59.2 Å². The van der Waals surface area contributed by atoms with Gasteiger partial charge in [0.25, 0.3) is 0 Å².